The molecule has 0 bridgehead atoms. The van der Waals surface area contributed by atoms with E-state index in [9.17, 15) is 13.2 Å². The Morgan fingerprint density at radius 3 is 2.55 bits per heavy atom. The van der Waals surface area contributed by atoms with E-state index in [4.69, 9.17) is 21.3 Å². The fraction of sp³-hybridized carbons (Fsp3) is 0.154. The third kappa shape index (κ3) is 3.25. The van der Waals surface area contributed by atoms with Gasteiger partial charge in [0.15, 0.2) is 0 Å². The molecule has 0 unspecified atom stereocenters. The lowest BCUT2D eigenvalue weighted by Gasteiger charge is -2.11. The first kappa shape index (κ1) is 14.3. The predicted octanol–water partition coefficient (Wildman–Crippen LogP) is 4.44. The van der Waals surface area contributed by atoms with E-state index in [2.05, 4.69) is 5.32 Å². The minimum Gasteiger partial charge on any atom is -0.449 e. The van der Waals surface area contributed by atoms with Gasteiger partial charge in [0.25, 0.3) is 0 Å². The molecule has 0 atom stereocenters. The standard InChI is InChI=1S/C13H8ClF3N2O/c14-11-5-8(13(15,16)17)1-4-12(11)19-7-10-3-2-9(6-18)20-10/h1-5,19H,7H2. The van der Waals surface area contributed by atoms with Crippen molar-refractivity contribution in [1.29, 1.82) is 5.26 Å². The van der Waals surface area contributed by atoms with Crippen molar-refractivity contribution in [3.05, 3.63) is 52.4 Å². The summed E-state index contributed by atoms with van der Waals surface area (Å²) in [5.74, 6) is 0.651. The highest BCUT2D eigenvalue weighted by Gasteiger charge is 2.30. The molecule has 3 nitrogen and oxygen atoms in total. The fourth-order valence-electron chi connectivity index (χ4n) is 1.55. The molecule has 2 rings (SSSR count). The molecule has 0 saturated heterocycles. The first-order valence-corrected chi connectivity index (χ1v) is 5.87. The van der Waals surface area contributed by atoms with Crippen LogP contribution < -0.4 is 5.32 Å². The van der Waals surface area contributed by atoms with E-state index in [1.54, 1.807) is 6.07 Å². The molecule has 2 aromatic rings. The molecule has 1 N–H and O–H groups in total. The van der Waals surface area contributed by atoms with Crippen molar-refractivity contribution in [2.45, 2.75) is 12.7 Å². The number of nitrogens with zero attached hydrogens (tertiary/aromatic N) is 1. The third-order valence-electron chi connectivity index (χ3n) is 2.52. The van der Waals surface area contributed by atoms with Crippen LogP contribution in [0.5, 0.6) is 0 Å². The van der Waals surface area contributed by atoms with Gasteiger partial charge in [0.2, 0.25) is 5.76 Å². The number of hydrogen-bond donors (Lipinski definition) is 1. The fourth-order valence-corrected chi connectivity index (χ4v) is 1.80. The molecular formula is C13H8ClF3N2O. The molecule has 0 aliphatic carbocycles. The molecule has 1 heterocycles. The highest BCUT2D eigenvalue weighted by molar-refractivity contribution is 6.33. The number of anilines is 1. The molecule has 1 aromatic carbocycles. The third-order valence-corrected chi connectivity index (χ3v) is 2.83. The highest BCUT2D eigenvalue weighted by atomic mass is 35.5. The van der Waals surface area contributed by atoms with Crippen LogP contribution in [0.3, 0.4) is 0 Å². The van der Waals surface area contributed by atoms with Crippen LogP contribution in [0, 0.1) is 11.3 Å². The van der Waals surface area contributed by atoms with Crippen molar-refractivity contribution in [3.8, 4) is 6.07 Å². The molecule has 1 aromatic heterocycles. The predicted molar refractivity (Wildman–Crippen MR) is 67.2 cm³/mol. The normalized spacial score (nSPS) is 11.2. The molecule has 20 heavy (non-hydrogen) atoms. The van der Waals surface area contributed by atoms with E-state index >= 15 is 0 Å². The Labute approximate surface area is 117 Å². The maximum Gasteiger partial charge on any atom is 0.416 e. The lowest BCUT2D eigenvalue weighted by molar-refractivity contribution is -0.137. The summed E-state index contributed by atoms with van der Waals surface area (Å²) in [5, 5.41) is 11.4. The van der Waals surface area contributed by atoms with E-state index < -0.39 is 11.7 Å². The Bertz CT molecular complexity index is 658. The molecule has 0 amide bonds. The number of alkyl halides is 3. The summed E-state index contributed by atoms with van der Waals surface area (Å²) in [7, 11) is 0. The highest BCUT2D eigenvalue weighted by Crippen LogP contribution is 2.33. The number of benzene rings is 1. The van der Waals surface area contributed by atoms with Crippen LogP contribution >= 0.6 is 11.6 Å². The van der Waals surface area contributed by atoms with E-state index in [0.29, 0.717) is 11.4 Å². The number of hydrogen-bond acceptors (Lipinski definition) is 3. The van der Waals surface area contributed by atoms with Gasteiger partial charge in [0, 0.05) is 0 Å². The Morgan fingerprint density at radius 1 is 1.25 bits per heavy atom. The van der Waals surface area contributed by atoms with E-state index in [1.807, 2.05) is 6.07 Å². The number of rotatable bonds is 3. The number of nitriles is 1. The lowest BCUT2D eigenvalue weighted by atomic mass is 10.2. The van der Waals surface area contributed by atoms with Crippen molar-refractivity contribution in [3.63, 3.8) is 0 Å². The zero-order chi connectivity index (χ0) is 14.8. The number of furan rings is 1. The van der Waals surface area contributed by atoms with Crippen LogP contribution in [0.2, 0.25) is 5.02 Å². The van der Waals surface area contributed by atoms with Gasteiger partial charge >= 0.3 is 6.18 Å². The van der Waals surface area contributed by atoms with Crippen LogP contribution in [0.1, 0.15) is 17.1 Å². The average Bonchev–Trinajstić information content (AvgIpc) is 2.84. The molecule has 0 aliphatic rings. The Hall–Kier alpha value is -2.13. The molecular weight excluding hydrogens is 293 g/mol. The van der Waals surface area contributed by atoms with Crippen molar-refractivity contribution in [1.82, 2.24) is 0 Å². The molecule has 104 valence electrons. The molecule has 0 fully saturated rings. The second-order valence-electron chi connectivity index (χ2n) is 3.92. The van der Waals surface area contributed by atoms with Crippen LogP contribution in [-0.4, -0.2) is 0 Å². The van der Waals surface area contributed by atoms with Gasteiger partial charge < -0.3 is 9.73 Å². The average molecular weight is 301 g/mol. The Morgan fingerprint density at radius 2 is 2.00 bits per heavy atom. The van der Waals surface area contributed by atoms with E-state index in [0.717, 1.165) is 12.1 Å². The van der Waals surface area contributed by atoms with Gasteiger partial charge in [0.1, 0.15) is 11.8 Å². The second kappa shape index (κ2) is 5.47. The van der Waals surface area contributed by atoms with Gasteiger partial charge in [-0.05, 0) is 30.3 Å². The first-order valence-electron chi connectivity index (χ1n) is 5.49. The van der Waals surface area contributed by atoms with E-state index in [1.165, 1.54) is 12.1 Å². The van der Waals surface area contributed by atoms with Crippen molar-refractivity contribution in [2.24, 2.45) is 0 Å². The van der Waals surface area contributed by atoms with Crippen LogP contribution in [0.25, 0.3) is 0 Å². The maximum atomic E-state index is 12.5. The molecule has 0 saturated carbocycles. The maximum absolute atomic E-state index is 12.5. The molecule has 0 spiro atoms. The summed E-state index contributed by atoms with van der Waals surface area (Å²) >= 11 is 5.79. The molecule has 7 heteroatoms. The van der Waals surface area contributed by atoms with Crippen LogP contribution in [-0.2, 0) is 12.7 Å². The quantitative estimate of drug-likeness (QED) is 0.912. The van der Waals surface area contributed by atoms with Crippen LogP contribution in [0.15, 0.2) is 34.7 Å². The van der Waals surface area contributed by atoms with E-state index in [-0.39, 0.29) is 17.3 Å². The minimum atomic E-state index is -4.43. The van der Waals surface area contributed by atoms with Gasteiger partial charge in [-0.3, -0.25) is 0 Å². The summed E-state index contributed by atoms with van der Waals surface area (Å²) in [6.07, 6.45) is -4.43. The number of nitrogens with one attached hydrogen (secondary N) is 1. The van der Waals surface area contributed by atoms with Crippen molar-refractivity contribution >= 4 is 17.3 Å². The minimum absolute atomic E-state index is 0.0353. The Balaban J connectivity index is 2.09. The van der Waals surface area contributed by atoms with Crippen molar-refractivity contribution < 1.29 is 17.6 Å². The summed E-state index contributed by atoms with van der Waals surface area (Å²) in [5.41, 5.74) is -0.451. The summed E-state index contributed by atoms with van der Waals surface area (Å²) in [6, 6.07) is 7.99. The van der Waals surface area contributed by atoms with Gasteiger partial charge in [-0.15, -0.1) is 0 Å². The SMILES string of the molecule is N#Cc1ccc(CNc2ccc(C(F)(F)F)cc2Cl)o1. The lowest BCUT2D eigenvalue weighted by Crippen LogP contribution is -2.06. The zero-order valence-electron chi connectivity index (χ0n) is 9.96. The zero-order valence-corrected chi connectivity index (χ0v) is 10.7. The van der Waals surface area contributed by atoms with Crippen molar-refractivity contribution in [2.75, 3.05) is 5.32 Å². The Kier molecular flexibility index (Phi) is 3.91. The van der Waals surface area contributed by atoms with Gasteiger partial charge in [-0.2, -0.15) is 18.4 Å². The largest absolute Gasteiger partial charge is 0.449 e. The summed E-state index contributed by atoms with van der Waals surface area (Å²) in [6.45, 7) is 0.215. The summed E-state index contributed by atoms with van der Waals surface area (Å²) in [4.78, 5) is 0. The topological polar surface area (TPSA) is 49.0 Å². The first-order chi connectivity index (χ1) is 9.40. The summed E-state index contributed by atoms with van der Waals surface area (Å²) < 4.78 is 42.5. The monoisotopic (exact) mass is 300 g/mol. The molecule has 0 radical (unpaired) electrons. The van der Waals surface area contributed by atoms with Crippen LogP contribution in [0.4, 0.5) is 18.9 Å². The van der Waals surface area contributed by atoms with Gasteiger partial charge in [0.05, 0.1) is 22.8 Å². The smallest absolute Gasteiger partial charge is 0.416 e. The second-order valence-corrected chi connectivity index (χ2v) is 4.33. The molecule has 0 aliphatic heterocycles. The van der Waals surface area contributed by atoms with Gasteiger partial charge in [-0.25, -0.2) is 0 Å². The number of halogens is 4. The van der Waals surface area contributed by atoms with Gasteiger partial charge in [-0.1, -0.05) is 11.6 Å².